The first-order chi connectivity index (χ1) is 6.72. The standard InChI is InChI=1S/C10H16N2O2/c1-8-3-4-9(14-8)7-12-6-5-10(13)11-2/h3-4,12H,5-7H2,1-2H3,(H,11,13). The predicted octanol–water partition coefficient (Wildman–Crippen LogP) is 0.814. The van der Waals surface area contributed by atoms with Gasteiger partial charge in [-0.1, -0.05) is 0 Å². The third-order valence-electron chi connectivity index (χ3n) is 1.90. The minimum Gasteiger partial charge on any atom is -0.465 e. The van der Waals surface area contributed by atoms with Gasteiger partial charge in [-0.3, -0.25) is 4.79 Å². The molecule has 0 unspecified atom stereocenters. The van der Waals surface area contributed by atoms with Crippen molar-refractivity contribution >= 4 is 5.91 Å². The summed E-state index contributed by atoms with van der Waals surface area (Å²) in [5, 5.41) is 5.69. The summed E-state index contributed by atoms with van der Waals surface area (Å²) >= 11 is 0. The number of hydrogen-bond acceptors (Lipinski definition) is 3. The van der Waals surface area contributed by atoms with Crippen molar-refractivity contribution in [3.63, 3.8) is 0 Å². The van der Waals surface area contributed by atoms with Crippen LogP contribution in [-0.2, 0) is 11.3 Å². The lowest BCUT2D eigenvalue weighted by atomic mass is 10.4. The van der Waals surface area contributed by atoms with Crippen LogP contribution in [0.25, 0.3) is 0 Å². The molecule has 0 atom stereocenters. The Morgan fingerprint density at radius 3 is 2.86 bits per heavy atom. The number of carbonyl (C=O) groups is 1. The maximum absolute atomic E-state index is 10.9. The molecule has 0 saturated heterocycles. The first-order valence-electron chi connectivity index (χ1n) is 4.69. The number of amides is 1. The highest BCUT2D eigenvalue weighted by Crippen LogP contribution is 2.04. The van der Waals surface area contributed by atoms with Gasteiger partial charge in [0.05, 0.1) is 6.54 Å². The average molecular weight is 196 g/mol. The lowest BCUT2D eigenvalue weighted by molar-refractivity contribution is -0.120. The van der Waals surface area contributed by atoms with Crippen molar-refractivity contribution in [3.8, 4) is 0 Å². The predicted molar refractivity (Wildman–Crippen MR) is 53.8 cm³/mol. The fraction of sp³-hybridized carbons (Fsp3) is 0.500. The van der Waals surface area contributed by atoms with Gasteiger partial charge < -0.3 is 15.1 Å². The van der Waals surface area contributed by atoms with Crippen LogP contribution in [0, 0.1) is 6.92 Å². The van der Waals surface area contributed by atoms with Gasteiger partial charge in [-0.15, -0.1) is 0 Å². The van der Waals surface area contributed by atoms with E-state index in [9.17, 15) is 4.79 Å². The monoisotopic (exact) mass is 196 g/mol. The molecule has 0 aliphatic heterocycles. The maximum Gasteiger partial charge on any atom is 0.221 e. The Bertz CT molecular complexity index is 294. The van der Waals surface area contributed by atoms with E-state index in [1.54, 1.807) is 7.05 Å². The SMILES string of the molecule is CNC(=O)CCNCc1ccc(C)o1. The molecule has 4 nitrogen and oxygen atoms in total. The minimum absolute atomic E-state index is 0.0492. The topological polar surface area (TPSA) is 54.3 Å². The fourth-order valence-corrected chi connectivity index (χ4v) is 1.12. The van der Waals surface area contributed by atoms with Crippen LogP contribution in [0.5, 0.6) is 0 Å². The second-order valence-corrected chi connectivity index (χ2v) is 3.11. The van der Waals surface area contributed by atoms with Crippen LogP contribution < -0.4 is 10.6 Å². The Morgan fingerprint density at radius 1 is 1.50 bits per heavy atom. The molecule has 0 radical (unpaired) electrons. The van der Waals surface area contributed by atoms with Gasteiger partial charge >= 0.3 is 0 Å². The Balaban J connectivity index is 2.13. The van der Waals surface area contributed by atoms with E-state index in [1.807, 2.05) is 19.1 Å². The molecule has 0 spiro atoms. The molecule has 2 N–H and O–H groups in total. The van der Waals surface area contributed by atoms with Crippen molar-refractivity contribution in [2.75, 3.05) is 13.6 Å². The van der Waals surface area contributed by atoms with Gasteiger partial charge in [0.1, 0.15) is 11.5 Å². The summed E-state index contributed by atoms with van der Waals surface area (Å²) in [7, 11) is 1.64. The van der Waals surface area contributed by atoms with E-state index in [0.717, 1.165) is 11.5 Å². The van der Waals surface area contributed by atoms with E-state index in [4.69, 9.17) is 4.42 Å². The highest BCUT2D eigenvalue weighted by atomic mass is 16.3. The normalized spacial score (nSPS) is 10.1. The quantitative estimate of drug-likeness (QED) is 0.685. The first kappa shape index (κ1) is 10.8. The highest BCUT2D eigenvalue weighted by molar-refractivity contribution is 5.75. The van der Waals surface area contributed by atoms with E-state index < -0.39 is 0 Å². The number of carbonyl (C=O) groups excluding carboxylic acids is 1. The summed E-state index contributed by atoms with van der Waals surface area (Å²) in [5.41, 5.74) is 0. The highest BCUT2D eigenvalue weighted by Gasteiger charge is 1.99. The molecule has 1 rings (SSSR count). The molecule has 78 valence electrons. The Kier molecular flexibility index (Phi) is 4.19. The molecular weight excluding hydrogens is 180 g/mol. The van der Waals surface area contributed by atoms with Crippen LogP contribution in [0.1, 0.15) is 17.9 Å². The minimum atomic E-state index is 0.0492. The summed E-state index contributed by atoms with van der Waals surface area (Å²) in [4.78, 5) is 10.9. The molecule has 14 heavy (non-hydrogen) atoms. The zero-order valence-electron chi connectivity index (χ0n) is 8.59. The number of furan rings is 1. The van der Waals surface area contributed by atoms with Crippen LogP contribution >= 0.6 is 0 Å². The lowest BCUT2D eigenvalue weighted by Gasteiger charge is -2.01. The fourth-order valence-electron chi connectivity index (χ4n) is 1.12. The van der Waals surface area contributed by atoms with Crippen LogP contribution in [0.2, 0.25) is 0 Å². The Hall–Kier alpha value is -1.29. The molecular formula is C10H16N2O2. The van der Waals surface area contributed by atoms with Crippen LogP contribution in [0.3, 0.4) is 0 Å². The molecule has 1 aromatic heterocycles. The second-order valence-electron chi connectivity index (χ2n) is 3.11. The molecule has 0 saturated carbocycles. The van der Waals surface area contributed by atoms with Crippen molar-refractivity contribution in [2.45, 2.75) is 19.9 Å². The third kappa shape index (κ3) is 3.62. The van der Waals surface area contributed by atoms with Crippen LogP contribution in [0.4, 0.5) is 0 Å². The van der Waals surface area contributed by atoms with E-state index in [1.165, 1.54) is 0 Å². The molecule has 0 bridgehead atoms. The summed E-state index contributed by atoms with van der Waals surface area (Å²) in [5.74, 6) is 1.86. The summed E-state index contributed by atoms with van der Waals surface area (Å²) in [6.07, 6.45) is 0.496. The van der Waals surface area contributed by atoms with Crippen LogP contribution in [0.15, 0.2) is 16.5 Å². The summed E-state index contributed by atoms with van der Waals surface area (Å²) < 4.78 is 5.35. The molecule has 0 aromatic carbocycles. The van der Waals surface area contributed by atoms with Crippen molar-refractivity contribution in [2.24, 2.45) is 0 Å². The lowest BCUT2D eigenvalue weighted by Crippen LogP contribution is -2.24. The van der Waals surface area contributed by atoms with Gasteiger partial charge in [-0.25, -0.2) is 0 Å². The van der Waals surface area contributed by atoms with Gasteiger partial charge in [0, 0.05) is 20.0 Å². The molecule has 1 heterocycles. The van der Waals surface area contributed by atoms with Gasteiger partial charge in [0.15, 0.2) is 0 Å². The number of aryl methyl sites for hydroxylation is 1. The average Bonchev–Trinajstić information content (AvgIpc) is 2.58. The van der Waals surface area contributed by atoms with Crippen LogP contribution in [-0.4, -0.2) is 19.5 Å². The zero-order chi connectivity index (χ0) is 10.4. The van der Waals surface area contributed by atoms with Crippen molar-refractivity contribution in [1.82, 2.24) is 10.6 Å². The van der Waals surface area contributed by atoms with Gasteiger partial charge in [0.2, 0.25) is 5.91 Å². The number of nitrogens with one attached hydrogen (secondary N) is 2. The molecule has 4 heteroatoms. The maximum atomic E-state index is 10.9. The third-order valence-corrected chi connectivity index (χ3v) is 1.90. The smallest absolute Gasteiger partial charge is 0.221 e. The molecule has 0 aliphatic carbocycles. The Labute approximate surface area is 83.7 Å². The molecule has 0 aliphatic rings. The van der Waals surface area contributed by atoms with E-state index >= 15 is 0 Å². The summed E-state index contributed by atoms with van der Waals surface area (Å²) in [6, 6.07) is 3.86. The number of rotatable bonds is 5. The molecule has 0 fully saturated rings. The first-order valence-corrected chi connectivity index (χ1v) is 4.69. The molecule has 1 aromatic rings. The van der Waals surface area contributed by atoms with Gasteiger partial charge in [0.25, 0.3) is 0 Å². The largest absolute Gasteiger partial charge is 0.465 e. The summed E-state index contributed by atoms with van der Waals surface area (Å²) in [6.45, 7) is 3.25. The van der Waals surface area contributed by atoms with Crippen molar-refractivity contribution in [1.29, 1.82) is 0 Å². The Morgan fingerprint density at radius 2 is 2.29 bits per heavy atom. The van der Waals surface area contributed by atoms with E-state index in [-0.39, 0.29) is 5.91 Å². The second kappa shape index (κ2) is 5.44. The van der Waals surface area contributed by atoms with E-state index in [2.05, 4.69) is 10.6 Å². The van der Waals surface area contributed by atoms with Crippen molar-refractivity contribution < 1.29 is 9.21 Å². The van der Waals surface area contributed by atoms with Gasteiger partial charge in [-0.05, 0) is 19.1 Å². The van der Waals surface area contributed by atoms with E-state index in [0.29, 0.717) is 19.5 Å². The number of hydrogen-bond donors (Lipinski definition) is 2. The zero-order valence-corrected chi connectivity index (χ0v) is 8.59. The van der Waals surface area contributed by atoms with Gasteiger partial charge in [-0.2, -0.15) is 0 Å². The van der Waals surface area contributed by atoms with Crippen molar-refractivity contribution in [3.05, 3.63) is 23.7 Å². The molecule has 1 amide bonds.